The van der Waals surface area contributed by atoms with Gasteiger partial charge >= 0.3 is 6.03 Å². The van der Waals surface area contributed by atoms with Gasteiger partial charge in [0.05, 0.1) is 19.9 Å². The largest absolute Gasteiger partial charge is 0.497 e. The molecule has 10 heteroatoms. The van der Waals surface area contributed by atoms with Gasteiger partial charge in [-0.2, -0.15) is 0 Å². The van der Waals surface area contributed by atoms with Crippen LogP contribution in [0.2, 0.25) is 0 Å². The number of hydrogen-bond acceptors (Lipinski definition) is 8. The maximum Gasteiger partial charge on any atom is 0.322 e. The lowest BCUT2D eigenvalue weighted by Crippen LogP contribution is -2.50. The van der Waals surface area contributed by atoms with Gasteiger partial charge in [0.1, 0.15) is 29.0 Å². The van der Waals surface area contributed by atoms with Crippen LogP contribution in [0.5, 0.6) is 11.5 Å². The lowest BCUT2D eigenvalue weighted by Gasteiger charge is -2.36. The van der Waals surface area contributed by atoms with Crippen molar-refractivity contribution in [3.05, 3.63) is 30.1 Å². The Balaban J connectivity index is 1.37. The molecule has 10 nitrogen and oxygen atoms in total. The van der Waals surface area contributed by atoms with Crippen LogP contribution < -0.4 is 24.6 Å². The Morgan fingerprint density at radius 2 is 1.48 bits per heavy atom. The van der Waals surface area contributed by atoms with Crippen LogP contribution >= 0.6 is 0 Å². The van der Waals surface area contributed by atoms with E-state index in [9.17, 15) is 4.79 Å². The summed E-state index contributed by atoms with van der Waals surface area (Å²) < 4.78 is 10.6. The summed E-state index contributed by atoms with van der Waals surface area (Å²) in [5, 5.41) is 2.95. The number of aryl methyl sites for hydroxylation is 1. The molecule has 2 saturated heterocycles. The topological polar surface area (TPSA) is 86.3 Å². The van der Waals surface area contributed by atoms with Gasteiger partial charge in [-0.3, -0.25) is 0 Å². The molecule has 2 amide bonds. The third-order valence-corrected chi connectivity index (χ3v) is 6.18. The molecule has 0 aliphatic carbocycles. The Hall–Kier alpha value is -3.27. The summed E-state index contributed by atoms with van der Waals surface area (Å²) in [6.45, 7) is 8.58. The predicted octanol–water partition coefficient (Wildman–Crippen LogP) is 1.91. The minimum absolute atomic E-state index is 0.143. The van der Waals surface area contributed by atoms with E-state index < -0.39 is 0 Å². The number of methoxy groups -OCH3 is 2. The van der Waals surface area contributed by atoms with Crippen molar-refractivity contribution in [1.29, 1.82) is 0 Å². The third kappa shape index (κ3) is 5.39. The molecule has 0 spiro atoms. The predicted molar refractivity (Wildman–Crippen MR) is 129 cm³/mol. The van der Waals surface area contributed by atoms with E-state index in [0.29, 0.717) is 43.4 Å². The standard InChI is InChI=1S/C23H33N7O3/c1-17-24-21(28-9-7-27(2)8-10-28)16-22(25-17)29-11-13-30(14-12-29)23(31)26-19-6-5-18(32-3)15-20(19)33-4/h5-6,15-16H,7-14H2,1-4H3,(H,26,31). The average molecular weight is 456 g/mol. The monoisotopic (exact) mass is 455 g/mol. The zero-order chi connectivity index (χ0) is 23.4. The lowest BCUT2D eigenvalue weighted by atomic mass is 10.2. The molecule has 0 atom stereocenters. The van der Waals surface area contributed by atoms with Gasteiger partial charge in [-0.25, -0.2) is 14.8 Å². The Kier molecular flexibility index (Phi) is 7.02. The quantitative estimate of drug-likeness (QED) is 0.732. The fourth-order valence-corrected chi connectivity index (χ4v) is 4.13. The normalized spacial score (nSPS) is 17.2. The van der Waals surface area contributed by atoms with Crippen LogP contribution in [0.4, 0.5) is 22.1 Å². The van der Waals surface area contributed by atoms with Gasteiger partial charge < -0.3 is 34.4 Å². The van der Waals surface area contributed by atoms with Crippen molar-refractivity contribution in [2.24, 2.45) is 0 Å². The molecule has 1 N–H and O–H groups in total. The molecule has 2 aliphatic heterocycles. The van der Waals surface area contributed by atoms with E-state index in [1.165, 1.54) is 0 Å². The first-order valence-corrected chi connectivity index (χ1v) is 11.3. The average Bonchev–Trinajstić information content (AvgIpc) is 2.84. The van der Waals surface area contributed by atoms with Crippen LogP contribution in [-0.4, -0.2) is 99.4 Å². The molecule has 4 rings (SSSR count). The number of anilines is 3. The summed E-state index contributed by atoms with van der Waals surface area (Å²) in [6, 6.07) is 7.27. The molecule has 178 valence electrons. The van der Waals surface area contributed by atoms with E-state index in [2.05, 4.69) is 43.1 Å². The van der Waals surface area contributed by atoms with Gasteiger partial charge in [-0.1, -0.05) is 0 Å². The fourth-order valence-electron chi connectivity index (χ4n) is 4.13. The molecule has 2 aliphatic rings. The summed E-state index contributed by atoms with van der Waals surface area (Å²) in [4.78, 5) is 30.9. The summed E-state index contributed by atoms with van der Waals surface area (Å²) in [5.74, 6) is 3.92. The molecular weight excluding hydrogens is 422 g/mol. The van der Waals surface area contributed by atoms with Crippen molar-refractivity contribution >= 4 is 23.4 Å². The first-order chi connectivity index (χ1) is 16.0. The van der Waals surface area contributed by atoms with E-state index in [-0.39, 0.29) is 6.03 Å². The molecule has 1 aromatic carbocycles. The van der Waals surface area contributed by atoms with E-state index in [4.69, 9.17) is 9.47 Å². The number of aromatic nitrogens is 2. The molecule has 33 heavy (non-hydrogen) atoms. The van der Waals surface area contributed by atoms with E-state index in [1.807, 2.05) is 11.8 Å². The number of carbonyl (C=O) groups is 1. The van der Waals surface area contributed by atoms with Crippen molar-refractivity contribution in [2.75, 3.05) is 88.7 Å². The number of piperazine rings is 2. The van der Waals surface area contributed by atoms with Crippen LogP contribution in [0, 0.1) is 6.92 Å². The van der Waals surface area contributed by atoms with Crippen LogP contribution in [-0.2, 0) is 0 Å². The number of nitrogens with one attached hydrogen (secondary N) is 1. The third-order valence-electron chi connectivity index (χ3n) is 6.18. The molecular formula is C23H33N7O3. The van der Waals surface area contributed by atoms with Crippen LogP contribution in [0.25, 0.3) is 0 Å². The maximum atomic E-state index is 12.8. The minimum Gasteiger partial charge on any atom is -0.497 e. The number of amides is 2. The molecule has 0 unspecified atom stereocenters. The van der Waals surface area contributed by atoms with Crippen molar-refractivity contribution in [3.8, 4) is 11.5 Å². The van der Waals surface area contributed by atoms with Gasteiger partial charge in [-0.05, 0) is 26.1 Å². The fraction of sp³-hybridized carbons (Fsp3) is 0.522. The first-order valence-electron chi connectivity index (χ1n) is 11.3. The van der Waals surface area contributed by atoms with Crippen LogP contribution in [0.1, 0.15) is 5.82 Å². The zero-order valence-electron chi connectivity index (χ0n) is 19.9. The van der Waals surface area contributed by atoms with E-state index >= 15 is 0 Å². The first kappa shape index (κ1) is 22.9. The van der Waals surface area contributed by atoms with Gasteiger partial charge in [0, 0.05) is 64.5 Å². The van der Waals surface area contributed by atoms with Gasteiger partial charge in [0.25, 0.3) is 0 Å². The Labute approximate surface area is 195 Å². The molecule has 2 fully saturated rings. The number of likely N-dealkylation sites (N-methyl/N-ethyl adjacent to an activating group) is 1. The summed E-state index contributed by atoms with van der Waals surface area (Å²) in [7, 11) is 5.32. The molecule has 3 heterocycles. The van der Waals surface area contributed by atoms with Crippen molar-refractivity contribution in [1.82, 2.24) is 19.8 Å². The molecule has 2 aromatic rings. The second-order valence-corrected chi connectivity index (χ2v) is 8.39. The highest BCUT2D eigenvalue weighted by Crippen LogP contribution is 2.29. The molecule has 0 saturated carbocycles. The Morgan fingerprint density at radius 1 is 0.879 bits per heavy atom. The van der Waals surface area contributed by atoms with Gasteiger partial charge in [-0.15, -0.1) is 0 Å². The highest BCUT2D eigenvalue weighted by molar-refractivity contribution is 5.91. The number of hydrogen-bond donors (Lipinski definition) is 1. The summed E-state index contributed by atoms with van der Waals surface area (Å²) >= 11 is 0. The Morgan fingerprint density at radius 3 is 2.06 bits per heavy atom. The summed E-state index contributed by atoms with van der Waals surface area (Å²) in [6.07, 6.45) is 0. The number of nitrogens with zero attached hydrogens (tertiary/aromatic N) is 6. The number of urea groups is 1. The number of rotatable bonds is 5. The second kappa shape index (κ2) is 10.1. The van der Waals surface area contributed by atoms with Crippen molar-refractivity contribution < 1.29 is 14.3 Å². The zero-order valence-corrected chi connectivity index (χ0v) is 19.9. The van der Waals surface area contributed by atoms with Crippen molar-refractivity contribution in [2.45, 2.75) is 6.92 Å². The van der Waals surface area contributed by atoms with Gasteiger partial charge in [0.2, 0.25) is 0 Å². The van der Waals surface area contributed by atoms with Crippen LogP contribution in [0.15, 0.2) is 24.3 Å². The number of carbonyl (C=O) groups excluding carboxylic acids is 1. The highest BCUT2D eigenvalue weighted by atomic mass is 16.5. The number of benzene rings is 1. The SMILES string of the molecule is COc1ccc(NC(=O)N2CCN(c3cc(N4CCN(C)CC4)nc(C)n3)CC2)c(OC)c1. The van der Waals surface area contributed by atoms with Gasteiger partial charge in [0.15, 0.2) is 0 Å². The Bertz CT molecular complexity index is 971. The maximum absolute atomic E-state index is 12.8. The lowest BCUT2D eigenvalue weighted by molar-refractivity contribution is 0.208. The molecule has 0 radical (unpaired) electrons. The second-order valence-electron chi connectivity index (χ2n) is 8.39. The highest BCUT2D eigenvalue weighted by Gasteiger charge is 2.24. The summed E-state index contributed by atoms with van der Waals surface area (Å²) in [5.41, 5.74) is 0.619. The molecule has 0 bridgehead atoms. The minimum atomic E-state index is -0.143. The van der Waals surface area contributed by atoms with E-state index in [0.717, 1.165) is 43.6 Å². The molecule has 1 aromatic heterocycles. The van der Waals surface area contributed by atoms with Crippen LogP contribution in [0.3, 0.4) is 0 Å². The number of ether oxygens (including phenoxy) is 2. The smallest absolute Gasteiger partial charge is 0.322 e. The van der Waals surface area contributed by atoms with Crippen molar-refractivity contribution in [3.63, 3.8) is 0 Å². The van der Waals surface area contributed by atoms with E-state index in [1.54, 1.807) is 32.4 Å².